The minimum Gasteiger partial charge on any atom is -0.481 e. The lowest BCUT2D eigenvalue weighted by Gasteiger charge is -2.07. The molecule has 0 bridgehead atoms. The maximum absolute atomic E-state index is 11.3. The van der Waals surface area contributed by atoms with E-state index in [0.29, 0.717) is 123 Å². The highest BCUT2D eigenvalue weighted by atomic mass is 16.6. The van der Waals surface area contributed by atoms with E-state index in [1.54, 1.807) is 13.8 Å². The molecule has 0 aromatic rings. The number of hydrogen-bond acceptors (Lipinski definition) is 20. The summed E-state index contributed by atoms with van der Waals surface area (Å²) in [6, 6.07) is 0. The van der Waals surface area contributed by atoms with Gasteiger partial charge in [-0.15, -0.1) is 0 Å². The van der Waals surface area contributed by atoms with Gasteiger partial charge in [-0.3, -0.25) is 28.8 Å². The van der Waals surface area contributed by atoms with Crippen molar-refractivity contribution in [1.29, 1.82) is 0 Å². The Labute approximate surface area is 396 Å². The summed E-state index contributed by atoms with van der Waals surface area (Å²) in [4.78, 5) is 86.0. The van der Waals surface area contributed by atoms with Crippen LogP contribution in [0.1, 0.15) is 79.1 Å². The van der Waals surface area contributed by atoms with E-state index in [4.69, 9.17) is 50.7 Å². The van der Waals surface area contributed by atoms with Gasteiger partial charge in [0.05, 0.1) is 99.7 Å². The lowest BCUT2D eigenvalue weighted by molar-refractivity contribution is -0.154. The molecule has 1 amide bonds. The highest BCUT2D eigenvalue weighted by molar-refractivity contribution is 6.00. The third-order valence-corrected chi connectivity index (χ3v) is 7.10. The molecule has 0 saturated heterocycles. The lowest BCUT2D eigenvalue weighted by Crippen LogP contribution is -2.28. The normalized spacial score (nSPS) is 9.69. The van der Waals surface area contributed by atoms with Crippen LogP contribution in [-0.4, -0.2) is 166 Å². The van der Waals surface area contributed by atoms with Crippen molar-refractivity contribution in [3.63, 3.8) is 0 Å². The molecule has 22 nitrogen and oxygen atoms in total. The number of ether oxygens (including phenoxy) is 9. The molecule has 67 heavy (non-hydrogen) atoms. The van der Waals surface area contributed by atoms with Crippen LogP contribution in [0, 0.1) is 0 Å². The molecule has 0 aliphatic carbocycles. The van der Waals surface area contributed by atoms with Crippen LogP contribution in [0.3, 0.4) is 0 Å². The topological polar surface area (TPSA) is 330 Å². The van der Waals surface area contributed by atoms with Gasteiger partial charge in [-0.2, -0.15) is 0 Å². The van der Waals surface area contributed by atoms with E-state index >= 15 is 0 Å². The SMILES string of the molecule is C=C(C)C(=O)CCCOCCOCCN.C=C(C)C(=O)CCCOCCOCCNC(=O)CCC(=O)OC.C=C(C)C(=O)OC(=O)C(=C)C.COC(=O)CCC(=O)O.NCCOCCOCN. The molecule has 8 N–H and O–H groups in total. The molecule has 0 unspecified atom stereocenters. The summed E-state index contributed by atoms with van der Waals surface area (Å²) >= 11 is 0. The average molecular weight is 965 g/mol. The summed E-state index contributed by atoms with van der Waals surface area (Å²) < 4.78 is 43.7. The van der Waals surface area contributed by atoms with Crippen molar-refractivity contribution >= 4 is 47.3 Å². The Morgan fingerprint density at radius 1 is 0.463 bits per heavy atom. The van der Waals surface area contributed by atoms with Crippen molar-refractivity contribution in [2.45, 2.75) is 79.1 Å². The number of ketones is 2. The van der Waals surface area contributed by atoms with Gasteiger partial charge < -0.3 is 70.3 Å². The van der Waals surface area contributed by atoms with Gasteiger partial charge >= 0.3 is 29.8 Å². The molecule has 0 fully saturated rings. The minimum absolute atomic E-state index is 0.0498. The van der Waals surface area contributed by atoms with E-state index in [1.165, 1.54) is 28.1 Å². The third-order valence-electron chi connectivity index (χ3n) is 7.10. The number of carboxylic acid groups (broad SMARTS) is 1. The summed E-state index contributed by atoms with van der Waals surface area (Å²) in [5, 5.41) is 10.7. The quantitative estimate of drug-likeness (QED) is 0.0151. The Morgan fingerprint density at radius 2 is 0.821 bits per heavy atom. The molecule has 0 radical (unpaired) electrons. The van der Waals surface area contributed by atoms with Gasteiger partial charge in [0.15, 0.2) is 11.6 Å². The number of rotatable bonds is 35. The minimum atomic E-state index is -0.986. The van der Waals surface area contributed by atoms with E-state index in [-0.39, 0.29) is 61.0 Å². The van der Waals surface area contributed by atoms with Gasteiger partial charge in [0.25, 0.3) is 0 Å². The summed E-state index contributed by atoms with van der Waals surface area (Å²) in [5.74, 6) is -3.34. The molecule has 388 valence electrons. The Kier molecular flexibility index (Phi) is 56.7. The van der Waals surface area contributed by atoms with Crippen LogP contribution in [0.2, 0.25) is 0 Å². The van der Waals surface area contributed by atoms with Crippen LogP contribution in [0.5, 0.6) is 0 Å². The number of aliphatic carboxylic acids is 1. The third kappa shape index (κ3) is 63.1. The molecule has 0 rings (SSSR count). The number of nitrogens with one attached hydrogen (secondary N) is 1. The first kappa shape index (κ1) is 71.0. The summed E-state index contributed by atoms with van der Waals surface area (Å²) in [7, 11) is 2.51. The number of methoxy groups -OCH3 is 2. The molecule has 0 aliphatic heterocycles. The fourth-order valence-electron chi connectivity index (χ4n) is 3.45. The zero-order chi connectivity index (χ0) is 52.3. The molecule has 0 saturated carbocycles. The van der Waals surface area contributed by atoms with Crippen molar-refractivity contribution in [2.75, 3.05) is 113 Å². The van der Waals surface area contributed by atoms with Crippen LogP contribution >= 0.6 is 0 Å². The van der Waals surface area contributed by atoms with E-state index in [0.717, 1.165) is 6.42 Å². The molecular formula is C45H80N4O18. The Hall–Kier alpha value is -5.04. The summed E-state index contributed by atoms with van der Waals surface area (Å²) in [6.45, 7) is 27.6. The number of allylic oxidation sites excluding steroid dienone is 2. The van der Waals surface area contributed by atoms with Crippen LogP contribution in [-0.2, 0) is 81.0 Å². The number of carbonyl (C=O) groups is 8. The molecule has 0 aromatic carbocycles. The first-order valence-corrected chi connectivity index (χ1v) is 21.3. The van der Waals surface area contributed by atoms with Crippen LogP contribution < -0.4 is 22.5 Å². The van der Waals surface area contributed by atoms with E-state index in [1.807, 2.05) is 0 Å². The predicted octanol–water partition coefficient (Wildman–Crippen LogP) is 2.05. The number of carbonyl (C=O) groups excluding carboxylic acids is 7. The number of nitrogens with two attached hydrogens (primary N) is 3. The van der Waals surface area contributed by atoms with Gasteiger partial charge in [-0.1, -0.05) is 26.3 Å². The van der Waals surface area contributed by atoms with E-state index in [2.05, 4.69) is 45.8 Å². The second-order valence-corrected chi connectivity index (χ2v) is 13.5. The number of esters is 4. The summed E-state index contributed by atoms with van der Waals surface area (Å²) in [5.41, 5.74) is 17.0. The Morgan fingerprint density at radius 3 is 1.15 bits per heavy atom. The number of amides is 1. The Bertz CT molecular complexity index is 1410. The van der Waals surface area contributed by atoms with Gasteiger partial charge in [0.1, 0.15) is 0 Å². The van der Waals surface area contributed by atoms with Crippen molar-refractivity contribution in [2.24, 2.45) is 17.2 Å². The number of carboxylic acids is 1. The smallest absolute Gasteiger partial charge is 0.340 e. The lowest BCUT2D eigenvalue weighted by atomic mass is 10.1. The highest BCUT2D eigenvalue weighted by Gasteiger charge is 2.11. The van der Waals surface area contributed by atoms with Gasteiger partial charge in [-0.25, -0.2) is 9.59 Å². The van der Waals surface area contributed by atoms with E-state index in [9.17, 15) is 38.4 Å². The predicted molar refractivity (Wildman–Crippen MR) is 249 cm³/mol. The molecule has 0 aliphatic rings. The monoisotopic (exact) mass is 965 g/mol. The second kappa shape index (κ2) is 53.6. The standard InChI is InChI=1S/C16H27NO6.C11H21NO3.C8H10O3.C5H14N2O2.C5H8O4/c1-13(2)14(18)5-4-9-22-11-12-23-10-8-17-15(19)6-7-16(20)21-3;1-10(2)11(13)4-3-6-14-8-9-15-7-5-12;1-5(2)7(9)11-8(10)6(3)4;6-1-2-8-3-4-9-5-7;1-9-5(8)3-2-4(6)7/h1,4-12H2,2-3H3,(H,17,19);1,3-9,12H2,2H3;1,3H2,2,4H3;1-7H2;2-3H2,1H3,(H,6,7). The van der Waals surface area contributed by atoms with Gasteiger partial charge in [-0.05, 0) is 51.7 Å². The van der Waals surface area contributed by atoms with E-state index < -0.39 is 29.8 Å². The van der Waals surface area contributed by atoms with Gasteiger partial charge in [0.2, 0.25) is 5.91 Å². The Balaban J connectivity index is -0.000000253. The zero-order valence-electron chi connectivity index (χ0n) is 40.7. The van der Waals surface area contributed by atoms with Crippen molar-refractivity contribution in [1.82, 2.24) is 5.32 Å². The van der Waals surface area contributed by atoms with Crippen LogP contribution in [0.4, 0.5) is 0 Å². The number of Topliss-reactive ketones (excluding diaryl/α,β-unsaturated/α-hetero) is 2. The fraction of sp³-hybridized carbons (Fsp3) is 0.644. The van der Waals surface area contributed by atoms with Crippen LogP contribution in [0.25, 0.3) is 0 Å². The average Bonchev–Trinajstić information content (AvgIpc) is 3.29. The summed E-state index contributed by atoms with van der Waals surface area (Å²) in [6.07, 6.45) is 2.35. The molecule has 0 heterocycles. The van der Waals surface area contributed by atoms with Gasteiger partial charge in [0, 0.05) is 63.3 Å². The molecule has 0 atom stereocenters. The van der Waals surface area contributed by atoms with Crippen LogP contribution in [0.15, 0.2) is 48.6 Å². The first-order valence-electron chi connectivity index (χ1n) is 21.3. The highest BCUT2D eigenvalue weighted by Crippen LogP contribution is 2.01. The largest absolute Gasteiger partial charge is 0.481 e. The van der Waals surface area contributed by atoms with Crippen molar-refractivity contribution in [3.8, 4) is 0 Å². The molecule has 0 aromatic heterocycles. The maximum Gasteiger partial charge on any atom is 0.340 e. The molecular weight excluding hydrogens is 885 g/mol. The number of hydrogen-bond donors (Lipinski definition) is 5. The van der Waals surface area contributed by atoms with Crippen molar-refractivity contribution < 1.29 is 86.1 Å². The first-order chi connectivity index (χ1) is 31.7. The van der Waals surface area contributed by atoms with Crippen molar-refractivity contribution in [3.05, 3.63) is 48.6 Å². The molecule has 0 spiro atoms. The second-order valence-electron chi connectivity index (χ2n) is 13.5. The maximum atomic E-state index is 11.3. The molecule has 22 heteroatoms. The fourth-order valence-corrected chi connectivity index (χ4v) is 3.45. The zero-order valence-corrected chi connectivity index (χ0v) is 40.7.